The second kappa shape index (κ2) is 6.42. The minimum Gasteiger partial charge on any atom is -0.452 e. The van der Waals surface area contributed by atoms with Gasteiger partial charge in [-0.2, -0.15) is 13.2 Å². The van der Waals surface area contributed by atoms with Crippen molar-refractivity contribution in [2.45, 2.75) is 6.18 Å². The molecule has 0 atom stereocenters. The van der Waals surface area contributed by atoms with E-state index in [9.17, 15) is 22.8 Å². The molecule has 1 aromatic carbocycles. The number of esters is 1. The van der Waals surface area contributed by atoms with Crippen LogP contribution >= 0.6 is 11.6 Å². The normalized spacial score (nSPS) is 10.9. The molecular formula is C11H9ClF3NO3. The Morgan fingerprint density at radius 1 is 1.32 bits per heavy atom. The van der Waals surface area contributed by atoms with E-state index in [-0.39, 0.29) is 5.56 Å². The van der Waals surface area contributed by atoms with Crippen molar-refractivity contribution in [1.82, 2.24) is 5.32 Å². The number of amides is 1. The first-order valence-electron chi connectivity index (χ1n) is 5.04. The van der Waals surface area contributed by atoms with E-state index >= 15 is 0 Å². The number of alkyl halides is 3. The molecular weight excluding hydrogens is 287 g/mol. The molecule has 0 aliphatic heterocycles. The highest BCUT2D eigenvalue weighted by Gasteiger charge is 2.27. The Labute approximate surface area is 111 Å². The molecule has 4 nitrogen and oxygen atoms in total. The second-order valence-corrected chi connectivity index (χ2v) is 3.91. The van der Waals surface area contributed by atoms with Crippen molar-refractivity contribution in [3.63, 3.8) is 0 Å². The average Bonchev–Trinajstić information content (AvgIpc) is 2.32. The Bertz CT molecular complexity index is 476. The van der Waals surface area contributed by atoms with Crippen LogP contribution in [0.1, 0.15) is 10.4 Å². The third-order valence-corrected chi connectivity index (χ3v) is 2.12. The number of hydrogen-bond donors (Lipinski definition) is 1. The topological polar surface area (TPSA) is 55.4 Å². The van der Waals surface area contributed by atoms with E-state index in [2.05, 4.69) is 4.74 Å². The molecule has 0 spiro atoms. The van der Waals surface area contributed by atoms with Gasteiger partial charge in [-0.05, 0) is 18.2 Å². The first kappa shape index (κ1) is 15.3. The predicted molar refractivity (Wildman–Crippen MR) is 60.8 cm³/mol. The third kappa shape index (κ3) is 6.10. The molecule has 0 radical (unpaired) electrons. The zero-order valence-electron chi connectivity index (χ0n) is 9.46. The Morgan fingerprint density at radius 2 is 2.00 bits per heavy atom. The summed E-state index contributed by atoms with van der Waals surface area (Å²) in [6.07, 6.45) is -4.51. The lowest BCUT2D eigenvalue weighted by Crippen LogP contribution is -2.36. The van der Waals surface area contributed by atoms with Crippen LogP contribution in [-0.4, -0.2) is 31.2 Å². The number of nitrogens with one attached hydrogen (secondary N) is 1. The highest BCUT2D eigenvalue weighted by atomic mass is 35.5. The van der Waals surface area contributed by atoms with Gasteiger partial charge >= 0.3 is 12.1 Å². The van der Waals surface area contributed by atoms with Gasteiger partial charge in [-0.3, -0.25) is 4.79 Å². The van der Waals surface area contributed by atoms with E-state index < -0.39 is 31.2 Å². The number of halogens is 4. The fraction of sp³-hybridized carbons (Fsp3) is 0.273. The summed E-state index contributed by atoms with van der Waals surface area (Å²) in [5.74, 6) is -1.88. The maximum absolute atomic E-state index is 11.8. The minimum atomic E-state index is -4.51. The number of carbonyl (C=O) groups excluding carboxylic acids is 2. The van der Waals surface area contributed by atoms with Crippen LogP contribution in [-0.2, 0) is 9.53 Å². The zero-order chi connectivity index (χ0) is 14.5. The van der Waals surface area contributed by atoms with Crippen LogP contribution in [0.15, 0.2) is 24.3 Å². The predicted octanol–water partition coefficient (Wildman–Crippen LogP) is 2.18. The molecule has 8 heteroatoms. The van der Waals surface area contributed by atoms with E-state index in [0.29, 0.717) is 5.02 Å². The Kier molecular flexibility index (Phi) is 5.17. The molecule has 0 aliphatic rings. The summed E-state index contributed by atoms with van der Waals surface area (Å²) < 4.78 is 39.9. The summed E-state index contributed by atoms with van der Waals surface area (Å²) in [7, 11) is 0. The molecule has 1 rings (SSSR count). The standard InChI is InChI=1S/C11H9ClF3NO3/c12-8-3-1-2-7(4-8)10(18)19-5-9(17)16-6-11(13,14)15/h1-4H,5-6H2,(H,16,17). The fourth-order valence-electron chi connectivity index (χ4n) is 1.08. The smallest absolute Gasteiger partial charge is 0.405 e. The summed E-state index contributed by atoms with van der Waals surface area (Å²) in [6, 6.07) is 5.76. The molecule has 19 heavy (non-hydrogen) atoms. The Hall–Kier alpha value is -1.76. The molecule has 0 bridgehead atoms. The number of ether oxygens (including phenoxy) is 1. The highest BCUT2D eigenvalue weighted by molar-refractivity contribution is 6.30. The van der Waals surface area contributed by atoms with E-state index in [1.54, 1.807) is 5.32 Å². The largest absolute Gasteiger partial charge is 0.452 e. The van der Waals surface area contributed by atoms with Crippen molar-refractivity contribution in [2.24, 2.45) is 0 Å². The van der Waals surface area contributed by atoms with Crippen LogP contribution in [0.25, 0.3) is 0 Å². The Balaban J connectivity index is 2.40. The van der Waals surface area contributed by atoms with Crippen molar-refractivity contribution >= 4 is 23.5 Å². The molecule has 0 heterocycles. The summed E-state index contributed by atoms with van der Waals surface area (Å²) >= 11 is 5.64. The van der Waals surface area contributed by atoms with Gasteiger partial charge in [-0.25, -0.2) is 4.79 Å². The van der Waals surface area contributed by atoms with Crippen molar-refractivity contribution in [3.05, 3.63) is 34.9 Å². The molecule has 0 unspecified atom stereocenters. The minimum absolute atomic E-state index is 0.108. The van der Waals surface area contributed by atoms with Crippen LogP contribution in [0.4, 0.5) is 13.2 Å². The van der Waals surface area contributed by atoms with Gasteiger partial charge in [0.1, 0.15) is 6.54 Å². The molecule has 1 N–H and O–H groups in total. The first-order chi connectivity index (χ1) is 8.78. The lowest BCUT2D eigenvalue weighted by molar-refractivity contribution is -0.140. The molecule has 104 valence electrons. The summed E-state index contributed by atoms with van der Waals surface area (Å²) in [5.41, 5.74) is 0.108. The van der Waals surface area contributed by atoms with Crippen LogP contribution in [0.3, 0.4) is 0 Å². The molecule has 0 aliphatic carbocycles. The average molecular weight is 296 g/mol. The molecule has 0 saturated heterocycles. The monoisotopic (exact) mass is 295 g/mol. The fourth-order valence-corrected chi connectivity index (χ4v) is 1.27. The Morgan fingerprint density at radius 3 is 2.58 bits per heavy atom. The lowest BCUT2D eigenvalue weighted by atomic mass is 10.2. The zero-order valence-corrected chi connectivity index (χ0v) is 10.2. The first-order valence-corrected chi connectivity index (χ1v) is 5.42. The molecule has 0 saturated carbocycles. The summed E-state index contributed by atoms with van der Waals surface area (Å²) in [5, 5.41) is 1.88. The van der Waals surface area contributed by atoms with Crippen LogP contribution in [0.2, 0.25) is 5.02 Å². The number of benzene rings is 1. The van der Waals surface area contributed by atoms with E-state index in [1.165, 1.54) is 24.3 Å². The van der Waals surface area contributed by atoms with Crippen molar-refractivity contribution in [2.75, 3.05) is 13.2 Å². The van der Waals surface area contributed by atoms with Gasteiger partial charge in [-0.1, -0.05) is 17.7 Å². The molecule has 1 aromatic rings. The van der Waals surface area contributed by atoms with Gasteiger partial charge in [0.05, 0.1) is 5.56 Å². The lowest BCUT2D eigenvalue weighted by Gasteiger charge is -2.08. The van der Waals surface area contributed by atoms with Gasteiger partial charge in [0.15, 0.2) is 6.61 Å². The third-order valence-electron chi connectivity index (χ3n) is 1.88. The van der Waals surface area contributed by atoms with Crippen molar-refractivity contribution in [1.29, 1.82) is 0 Å². The van der Waals surface area contributed by atoms with Gasteiger partial charge in [-0.15, -0.1) is 0 Å². The van der Waals surface area contributed by atoms with Gasteiger partial charge in [0.25, 0.3) is 5.91 Å². The van der Waals surface area contributed by atoms with Crippen molar-refractivity contribution < 1.29 is 27.5 Å². The summed E-state index contributed by atoms with van der Waals surface area (Å²) in [4.78, 5) is 22.4. The van der Waals surface area contributed by atoms with Crippen LogP contribution in [0, 0.1) is 0 Å². The van der Waals surface area contributed by atoms with E-state index in [0.717, 1.165) is 0 Å². The molecule has 0 aromatic heterocycles. The van der Waals surface area contributed by atoms with Crippen LogP contribution < -0.4 is 5.32 Å². The van der Waals surface area contributed by atoms with Crippen LogP contribution in [0.5, 0.6) is 0 Å². The highest BCUT2D eigenvalue weighted by Crippen LogP contribution is 2.12. The van der Waals surface area contributed by atoms with Gasteiger partial charge in [0.2, 0.25) is 0 Å². The quantitative estimate of drug-likeness (QED) is 0.866. The van der Waals surface area contributed by atoms with Crippen molar-refractivity contribution in [3.8, 4) is 0 Å². The van der Waals surface area contributed by atoms with E-state index in [1.807, 2.05) is 0 Å². The second-order valence-electron chi connectivity index (χ2n) is 3.48. The maximum Gasteiger partial charge on any atom is 0.405 e. The number of carbonyl (C=O) groups is 2. The number of hydrogen-bond acceptors (Lipinski definition) is 3. The van der Waals surface area contributed by atoms with Gasteiger partial charge < -0.3 is 10.1 Å². The van der Waals surface area contributed by atoms with Gasteiger partial charge in [0, 0.05) is 5.02 Å². The maximum atomic E-state index is 11.8. The molecule has 1 amide bonds. The SMILES string of the molecule is O=C(COC(=O)c1cccc(Cl)c1)NCC(F)(F)F. The molecule has 0 fully saturated rings. The number of rotatable bonds is 4. The summed E-state index contributed by atoms with van der Waals surface area (Å²) in [6.45, 7) is -2.26. The van der Waals surface area contributed by atoms with E-state index in [4.69, 9.17) is 11.6 Å².